The molecule has 1 heterocycles. The first-order valence-corrected chi connectivity index (χ1v) is 6.50. The van der Waals surface area contributed by atoms with Gasteiger partial charge in [-0.1, -0.05) is 29.8 Å². The summed E-state index contributed by atoms with van der Waals surface area (Å²) < 4.78 is 5.44. The summed E-state index contributed by atoms with van der Waals surface area (Å²) in [6.07, 6.45) is 3.82. The molecule has 0 saturated heterocycles. The lowest BCUT2D eigenvalue weighted by Gasteiger charge is -2.15. The Hall–Kier alpha value is -1.54. The summed E-state index contributed by atoms with van der Waals surface area (Å²) in [5.41, 5.74) is 2.73. The van der Waals surface area contributed by atoms with Crippen molar-refractivity contribution in [3.63, 3.8) is 0 Å². The molecule has 0 amide bonds. The van der Waals surface area contributed by atoms with Crippen molar-refractivity contribution in [2.75, 3.05) is 13.6 Å². The van der Waals surface area contributed by atoms with E-state index in [1.165, 1.54) is 11.1 Å². The second-order valence-corrected chi connectivity index (χ2v) is 4.90. The van der Waals surface area contributed by atoms with Gasteiger partial charge in [0.05, 0.1) is 6.26 Å². The molecule has 18 heavy (non-hydrogen) atoms. The Morgan fingerprint density at radius 1 is 1.17 bits per heavy atom. The third-order valence-corrected chi connectivity index (χ3v) is 3.17. The SMILES string of the molecule is CNCC(Cc1cccc(C)c1)Cc1ccco1. The van der Waals surface area contributed by atoms with Crippen molar-refractivity contribution in [2.45, 2.75) is 19.8 Å². The van der Waals surface area contributed by atoms with Crippen LogP contribution in [0.2, 0.25) is 0 Å². The van der Waals surface area contributed by atoms with E-state index in [0.717, 1.165) is 25.1 Å². The largest absolute Gasteiger partial charge is 0.469 e. The van der Waals surface area contributed by atoms with Crippen molar-refractivity contribution in [3.8, 4) is 0 Å². The molecule has 0 aliphatic heterocycles. The van der Waals surface area contributed by atoms with Gasteiger partial charge in [-0.2, -0.15) is 0 Å². The minimum atomic E-state index is 0.572. The van der Waals surface area contributed by atoms with Crippen LogP contribution in [0.15, 0.2) is 47.1 Å². The van der Waals surface area contributed by atoms with Gasteiger partial charge in [-0.25, -0.2) is 0 Å². The Kier molecular flexibility index (Phi) is 4.59. The van der Waals surface area contributed by atoms with Crippen LogP contribution in [0.25, 0.3) is 0 Å². The quantitative estimate of drug-likeness (QED) is 0.842. The zero-order valence-electron chi connectivity index (χ0n) is 11.1. The van der Waals surface area contributed by atoms with Crippen LogP contribution in [-0.2, 0) is 12.8 Å². The summed E-state index contributed by atoms with van der Waals surface area (Å²) in [7, 11) is 2.01. The molecule has 0 aliphatic rings. The lowest BCUT2D eigenvalue weighted by atomic mass is 9.94. The molecular formula is C16H21NO. The van der Waals surface area contributed by atoms with E-state index in [1.54, 1.807) is 6.26 Å². The van der Waals surface area contributed by atoms with Gasteiger partial charge in [-0.05, 0) is 50.6 Å². The molecule has 2 nitrogen and oxygen atoms in total. The molecule has 1 N–H and O–H groups in total. The Morgan fingerprint density at radius 2 is 2.06 bits per heavy atom. The summed E-state index contributed by atoms with van der Waals surface area (Å²) in [5.74, 6) is 1.64. The van der Waals surface area contributed by atoms with Crippen LogP contribution in [0.4, 0.5) is 0 Å². The molecule has 2 aromatic rings. The third kappa shape index (κ3) is 3.74. The zero-order chi connectivity index (χ0) is 12.8. The zero-order valence-corrected chi connectivity index (χ0v) is 11.1. The molecule has 0 aliphatic carbocycles. The maximum Gasteiger partial charge on any atom is 0.104 e. The van der Waals surface area contributed by atoms with Crippen LogP contribution >= 0.6 is 0 Å². The fraction of sp³-hybridized carbons (Fsp3) is 0.375. The molecule has 0 radical (unpaired) electrons. The van der Waals surface area contributed by atoms with Gasteiger partial charge in [0.2, 0.25) is 0 Å². The lowest BCUT2D eigenvalue weighted by molar-refractivity contribution is 0.424. The number of rotatable bonds is 6. The smallest absolute Gasteiger partial charge is 0.104 e. The molecule has 0 spiro atoms. The fourth-order valence-corrected chi connectivity index (χ4v) is 2.39. The lowest BCUT2D eigenvalue weighted by Crippen LogP contribution is -2.22. The van der Waals surface area contributed by atoms with Crippen molar-refractivity contribution in [3.05, 3.63) is 59.5 Å². The van der Waals surface area contributed by atoms with Crippen LogP contribution in [0.3, 0.4) is 0 Å². The van der Waals surface area contributed by atoms with Gasteiger partial charge in [-0.15, -0.1) is 0 Å². The molecule has 1 aromatic heterocycles. The Bertz CT molecular complexity index is 462. The summed E-state index contributed by atoms with van der Waals surface area (Å²) in [4.78, 5) is 0. The summed E-state index contributed by atoms with van der Waals surface area (Å²) in [6, 6.07) is 12.8. The summed E-state index contributed by atoms with van der Waals surface area (Å²) in [5, 5.41) is 3.27. The van der Waals surface area contributed by atoms with Crippen LogP contribution in [-0.4, -0.2) is 13.6 Å². The maximum absolute atomic E-state index is 5.44. The van der Waals surface area contributed by atoms with Gasteiger partial charge >= 0.3 is 0 Å². The molecule has 2 rings (SSSR count). The van der Waals surface area contributed by atoms with Crippen LogP contribution < -0.4 is 5.32 Å². The van der Waals surface area contributed by atoms with Crippen LogP contribution in [0.1, 0.15) is 16.9 Å². The number of aryl methyl sites for hydroxylation is 1. The first kappa shape index (κ1) is 12.9. The average molecular weight is 243 g/mol. The van der Waals surface area contributed by atoms with E-state index in [2.05, 4.69) is 42.6 Å². The minimum Gasteiger partial charge on any atom is -0.469 e. The molecular weight excluding hydrogens is 222 g/mol. The molecule has 2 heteroatoms. The summed E-state index contributed by atoms with van der Waals surface area (Å²) in [6.45, 7) is 3.15. The van der Waals surface area contributed by atoms with Crippen molar-refractivity contribution >= 4 is 0 Å². The predicted octanol–water partition coefficient (Wildman–Crippen LogP) is 3.21. The van der Waals surface area contributed by atoms with Gasteiger partial charge in [0.1, 0.15) is 5.76 Å². The molecule has 1 atom stereocenters. The van der Waals surface area contributed by atoms with E-state index in [0.29, 0.717) is 5.92 Å². The van der Waals surface area contributed by atoms with Gasteiger partial charge in [0.25, 0.3) is 0 Å². The van der Waals surface area contributed by atoms with E-state index in [-0.39, 0.29) is 0 Å². The normalized spacial score (nSPS) is 12.6. The summed E-state index contributed by atoms with van der Waals surface area (Å²) >= 11 is 0. The first-order chi connectivity index (χ1) is 8.78. The van der Waals surface area contributed by atoms with E-state index in [9.17, 15) is 0 Å². The van der Waals surface area contributed by atoms with E-state index >= 15 is 0 Å². The minimum absolute atomic E-state index is 0.572. The highest BCUT2D eigenvalue weighted by atomic mass is 16.3. The van der Waals surface area contributed by atoms with Gasteiger partial charge in [0.15, 0.2) is 0 Å². The Labute approximate surface area is 109 Å². The molecule has 0 bridgehead atoms. The van der Waals surface area contributed by atoms with Crippen LogP contribution in [0.5, 0.6) is 0 Å². The number of furan rings is 1. The van der Waals surface area contributed by atoms with E-state index in [1.807, 2.05) is 13.1 Å². The van der Waals surface area contributed by atoms with Crippen LogP contribution in [0, 0.1) is 12.8 Å². The van der Waals surface area contributed by atoms with Crippen molar-refractivity contribution < 1.29 is 4.42 Å². The topological polar surface area (TPSA) is 25.2 Å². The maximum atomic E-state index is 5.44. The monoisotopic (exact) mass is 243 g/mol. The number of benzene rings is 1. The highest BCUT2D eigenvalue weighted by Gasteiger charge is 2.11. The highest BCUT2D eigenvalue weighted by Crippen LogP contribution is 2.15. The van der Waals surface area contributed by atoms with Crippen molar-refractivity contribution in [2.24, 2.45) is 5.92 Å². The van der Waals surface area contributed by atoms with Gasteiger partial charge in [0, 0.05) is 6.42 Å². The van der Waals surface area contributed by atoms with E-state index < -0.39 is 0 Å². The number of nitrogens with one attached hydrogen (secondary N) is 1. The van der Waals surface area contributed by atoms with Gasteiger partial charge < -0.3 is 9.73 Å². The molecule has 0 fully saturated rings. The second-order valence-electron chi connectivity index (χ2n) is 4.90. The second kappa shape index (κ2) is 6.41. The van der Waals surface area contributed by atoms with Crippen molar-refractivity contribution in [1.29, 1.82) is 0 Å². The molecule has 1 aromatic carbocycles. The van der Waals surface area contributed by atoms with Crippen molar-refractivity contribution in [1.82, 2.24) is 5.32 Å². The predicted molar refractivity (Wildman–Crippen MR) is 74.7 cm³/mol. The molecule has 0 saturated carbocycles. The first-order valence-electron chi connectivity index (χ1n) is 6.50. The number of hydrogen-bond acceptors (Lipinski definition) is 2. The third-order valence-electron chi connectivity index (χ3n) is 3.17. The number of hydrogen-bond donors (Lipinski definition) is 1. The molecule has 96 valence electrons. The molecule has 1 unspecified atom stereocenters. The Balaban J connectivity index is 2.01. The van der Waals surface area contributed by atoms with Gasteiger partial charge in [-0.3, -0.25) is 0 Å². The standard InChI is InChI=1S/C16H21NO/c1-13-5-3-6-14(9-13)10-15(12-17-2)11-16-7-4-8-18-16/h3-9,15,17H,10-12H2,1-2H3. The van der Waals surface area contributed by atoms with E-state index in [4.69, 9.17) is 4.42 Å². The Morgan fingerprint density at radius 3 is 2.72 bits per heavy atom. The highest BCUT2D eigenvalue weighted by molar-refractivity contribution is 5.22. The fourth-order valence-electron chi connectivity index (χ4n) is 2.39. The average Bonchev–Trinajstić information content (AvgIpc) is 2.82.